The molecule has 0 saturated heterocycles. The molecule has 14 heavy (non-hydrogen) atoms. The van der Waals surface area contributed by atoms with Crippen molar-refractivity contribution >= 4 is 11.6 Å². The maximum absolute atomic E-state index is 12.9. The fourth-order valence-electron chi connectivity index (χ4n) is 0.859. The van der Waals surface area contributed by atoms with Crippen molar-refractivity contribution in [1.29, 1.82) is 0 Å². The van der Waals surface area contributed by atoms with Gasteiger partial charge >= 0.3 is 0 Å². The van der Waals surface area contributed by atoms with E-state index < -0.39 is 17.5 Å². The minimum atomic E-state index is -0.755. The van der Waals surface area contributed by atoms with Gasteiger partial charge in [0.25, 0.3) is 5.91 Å². The van der Waals surface area contributed by atoms with Crippen LogP contribution < -0.4 is 16.6 Å². The van der Waals surface area contributed by atoms with Crippen LogP contribution in [-0.2, 0) is 4.79 Å². The molecular weight excluding hydrogens is 192 g/mol. The van der Waals surface area contributed by atoms with Gasteiger partial charge in [-0.15, -0.1) is 0 Å². The maximum Gasteiger partial charge on any atom is 0.253 e. The Balaban J connectivity index is 2.63. The van der Waals surface area contributed by atoms with Gasteiger partial charge in [-0.2, -0.15) is 0 Å². The number of hydrazine groups is 1. The Hall–Kier alpha value is -1.69. The number of rotatable bonds is 3. The van der Waals surface area contributed by atoms with Crippen molar-refractivity contribution in [2.45, 2.75) is 0 Å². The summed E-state index contributed by atoms with van der Waals surface area (Å²) in [4.78, 5) is 10.7. The van der Waals surface area contributed by atoms with Gasteiger partial charge in [-0.25, -0.2) is 14.6 Å². The topological polar surface area (TPSA) is 67.1 Å². The lowest BCUT2D eigenvalue weighted by atomic mass is 10.3. The van der Waals surface area contributed by atoms with E-state index in [-0.39, 0.29) is 12.2 Å². The molecule has 0 spiro atoms. The van der Waals surface area contributed by atoms with E-state index in [0.717, 1.165) is 12.1 Å². The quantitative estimate of drug-likeness (QED) is 0.376. The molecule has 0 saturated carbocycles. The van der Waals surface area contributed by atoms with Crippen molar-refractivity contribution in [2.75, 3.05) is 11.9 Å². The van der Waals surface area contributed by atoms with Crippen LogP contribution in [0, 0.1) is 11.6 Å². The molecule has 1 rings (SSSR count). The van der Waals surface area contributed by atoms with E-state index in [2.05, 4.69) is 5.32 Å². The number of nitrogens with one attached hydrogen (secondary N) is 2. The van der Waals surface area contributed by atoms with E-state index in [1.54, 1.807) is 0 Å². The molecule has 0 aliphatic carbocycles. The first kappa shape index (κ1) is 10.4. The van der Waals surface area contributed by atoms with Gasteiger partial charge in [0.15, 0.2) is 0 Å². The van der Waals surface area contributed by atoms with Gasteiger partial charge in [0.05, 0.1) is 12.2 Å². The predicted molar refractivity (Wildman–Crippen MR) is 47.2 cm³/mol. The molecule has 0 heterocycles. The number of halogens is 2. The highest BCUT2D eigenvalue weighted by Gasteiger charge is 2.04. The molecule has 6 heteroatoms. The maximum atomic E-state index is 12.9. The molecule has 0 aliphatic heterocycles. The summed E-state index contributed by atoms with van der Waals surface area (Å²) < 4.78 is 25.4. The zero-order valence-electron chi connectivity index (χ0n) is 7.18. The van der Waals surface area contributed by atoms with Crippen molar-refractivity contribution in [2.24, 2.45) is 5.84 Å². The lowest BCUT2D eigenvalue weighted by Crippen LogP contribution is -2.35. The van der Waals surface area contributed by atoms with Gasteiger partial charge < -0.3 is 5.32 Å². The normalized spacial score (nSPS) is 9.64. The molecular formula is C8H9F2N3O. The summed E-state index contributed by atoms with van der Waals surface area (Å²) in [5.74, 6) is 2.89. The minimum absolute atomic E-state index is 0.0509. The number of anilines is 1. The van der Waals surface area contributed by atoms with Crippen LogP contribution >= 0.6 is 0 Å². The van der Waals surface area contributed by atoms with Crippen molar-refractivity contribution in [3.05, 3.63) is 29.8 Å². The second-order valence-corrected chi connectivity index (χ2v) is 2.55. The molecule has 0 atom stereocenters. The van der Waals surface area contributed by atoms with E-state index >= 15 is 0 Å². The molecule has 0 aromatic heterocycles. The number of amides is 1. The molecule has 0 bridgehead atoms. The highest BCUT2D eigenvalue weighted by Crippen LogP contribution is 2.14. The second kappa shape index (κ2) is 4.52. The van der Waals surface area contributed by atoms with E-state index in [1.165, 1.54) is 6.07 Å². The molecule has 1 aromatic rings. The summed E-state index contributed by atoms with van der Waals surface area (Å²) in [6.07, 6.45) is 0. The molecule has 0 radical (unpaired) electrons. The van der Waals surface area contributed by atoms with Crippen LogP contribution in [0.5, 0.6) is 0 Å². The van der Waals surface area contributed by atoms with Crippen LogP contribution in [0.4, 0.5) is 14.5 Å². The Morgan fingerprint density at radius 1 is 1.43 bits per heavy atom. The van der Waals surface area contributed by atoms with Gasteiger partial charge in [-0.3, -0.25) is 10.2 Å². The third-order valence-electron chi connectivity index (χ3n) is 1.53. The summed E-state index contributed by atoms with van der Waals surface area (Å²) in [6, 6.07) is 3.02. The second-order valence-electron chi connectivity index (χ2n) is 2.55. The fraction of sp³-hybridized carbons (Fsp3) is 0.125. The number of carbonyl (C=O) groups is 1. The SMILES string of the molecule is NNC(=O)CNc1ccc(F)cc1F. The van der Waals surface area contributed by atoms with Crippen molar-refractivity contribution < 1.29 is 13.6 Å². The first-order valence-corrected chi connectivity index (χ1v) is 3.82. The Labute approximate surface area is 79.1 Å². The van der Waals surface area contributed by atoms with E-state index in [9.17, 15) is 13.6 Å². The lowest BCUT2D eigenvalue weighted by molar-refractivity contribution is -0.119. The van der Waals surface area contributed by atoms with Crippen molar-refractivity contribution in [3.63, 3.8) is 0 Å². The van der Waals surface area contributed by atoms with E-state index in [0.29, 0.717) is 0 Å². The van der Waals surface area contributed by atoms with Crippen molar-refractivity contribution in [1.82, 2.24) is 5.43 Å². The Bertz CT molecular complexity index is 343. The first-order valence-electron chi connectivity index (χ1n) is 3.82. The molecule has 1 amide bonds. The van der Waals surface area contributed by atoms with Crippen LogP contribution in [0.1, 0.15) is 0 Å². The van der Waals surface area contributed by atoms with Crippen LogP contribution in [0.15, 0.2) is 18.2 Å². The monoisotopic (exact) mass is 201 g/mol. The number of hydrogen-bond donors (Lipinski definition) is 3. The van der Waals surface area contributed by atoms with Crippen LogP contribution in [0.25, 0.3) is 0 Å². The van der Waals surface area contributed by atoms with E-state index in [4.69, 9.17) is 5.84 Å². The van der Waals surface area contributed by atoms with Crippen LogP contribution in [0.2, 0.25) is 0 Å². The van der Waals surface area contributed by atoms with Gasteiger partial charge in [0, 0.05) is 6.07 Å². The van der Waals surface area contributed by atoms with Crippen molar-refractivity contribution in [3.8, 4) is 0 Å². The molecule has 4 nitrogen and oxygen atoms in total. The zero-order valence-corrected chi connectivity index (χ0v) is 7.18. The van der Waals surface area contributed by atoms with Gasteiger partial charge in [-0.1, -0.05) is 0 Å². The Morgan fingerprint density at radius 2 is 2.14 bits per heavy atom. The molecule has 76 valence electrons. The smallest absolute Gasteiger partial charge is 0.253 e. The third kappa shape index (κ3) is 2.67. The minimum Gasteiger partial charge on any atom is -0.374 e. The van der Waals surface area contributed by atoms with Gasteiger partial charge in [0.1, 0.15) is 11.6 Å². The molecule has 1 aromatic carbocycles. The number of nitrogens with two attached hydrogens (primary N) is 1. The zero-order chi connectivity index (χ0) is 10.6. The average Bonchev–Trinajstić information content (AvgIpc) is 2.16. The molecule has 4 N–H and O–H groups in total. The largest absolute Gasteiger partial charge is 0.374 e. The summed E-state index contributed by atoms with van der Waals surface area (Å²) in [5.41, 5.74) is 1.92. The molecule has 0 fully saturated rings. The summed E-state index contributed by atoms with van der Waals surface area (Å²) >= 11 is 0. The molecule has 0 aliphatic rings. The first-order chi connectivity index (χ1) is 6.63. The number of benzene rings is 1. The average molecular weight is 201 g/mol. The predicted octanol–water partition coefficient (Wildman–Crippen LogP) is 0.367. The summed E-state index contributed by atoms with van der Waals surface area (Å²) in [6.45, 7) is -0.168. The van der Waals surface area contributed by atoms with E-state index in [1.807, 2.05) is 5.43 Å². The lowest BCUT2D eigenvalue weighted by Gasteiger charge is -2.05. The van der Waals surface area contributed by atoms with Crippen LogP contribution in [-0.4, -0.2) is 12.5 Å². The van der Waals surface area contributed by atoms with Crippen LogP contribution in [0.3, 0.4) is 0 Å². The number of hydrogen-bond acceptors (Lipinski definition) is 3. The standard InChI is InChI=1S/C8H9F2N3O/c9-5-1-2-7(6(10)3-5)12-4-8(14)13-11/h1-3,12H,4,11H2,(H,13,14). The van der Waals surface area contributed by atoms with Gasteiger partial charge in [-0.05, 0) is 12.1 Å². The molecule has 0 unspecified atom stereocenters. The number of carbonyl (C=O) groups excluding carboxylic acids is 1. The third-order valence-corrected chi connectivity index (χ3v) is 1.53. The Kier molecular flexibility index (Phi) is 3.35. The fourth-order valence-corrected chi connectivity index (χ4v) is 0.859. The Morgan fingerprint density at radius 3 is 2.71 bits per heavy atom. The highest BCUT2D eigenvalue weighted by atomic mass is 19.1. The summed E-state index contributed by atoms with van der Waals surface area (Å²) in [7, 11) is 0. The highest BCUT2D eigenvalue weighted by molar-refractivity contribution is 5.80. The van der Waals surface area contributed by atoms with Gasteiger partial charge in [0.2, 0.25) is 0 Å². The summed E-state index contributed by atoms with van der Waals surface area (Å²) in [5, 5.41) is 2.46.